The third-order valence-corrected chi connectivity index (χ3v) is 3.70. The number of hydrogen-bond acceptors (Lipinski definition) is 1. The van der Waals surface area contributed by atoms with Crippen LogP contribution in [0.2, 0.25) is 0 Å². The van der Waals surface area contributed by atoms with Crippen molar-refractivity contribution in [2.24, 2.45) is 5.41 Å². The zero-order valence-electron chi connectivity index (χ0n) is 12.2. The average molecular weight is 247 g/mol. The third-order valence-electron chi connectivity index (χ3n) is 3.70. The highest BCUT2D eigenvalue weighted by atomic mass is 16.2. The monoisotopic (exact) mass is 247 g/mol. The molecule has 100 valence electrons. The minimum Gasteiger partial charge on any atom is -0.343 e. The van der Waals surface area contributed by atoms with Crippen LogP contribution in [0.1, 0.15) is 39.7 Å². The fourth-order valence-corrected chi connectivity index (χ4v) is 1.87. The molecular weight excluding hydrogens is 222 g/mol. The number of hydrogen-bond donors (Lipinski definition) is 0. The lowest BCUT2D eigenvalue weighted by atomic mass is 9.87. The maximum atomic E-state index is 12.1. The van der Waals surface area contributed by atoms with Crippen LogP contribution in [0, 0.1) is 5.41 Å². The topological polar surface area (TPSA) is 20.3 Å². The number of rotatable bonds is 4. The van der Waals surface area contributed by atoms with Gasteiger partial charge in [0.05, 0.1) is 0 Å². The van der Waals surface area contributed by atoms with Gasteiger partial charge in [0, 0.05) is 19.5 Å². The molecule has 0 aromatic heterocycles. The predicted molar refractivity (Wildman–Crippen MR) is 76.5 cm³/mol. The Bertz CT molecular complexity index is 378. The van der Waals surface area contributed by atoms with Gasteiger partial charge in [0.2, 0.25) is 5.91 Å². The molecular formula is C16H25NO. The number of benzene rings is 1. The van der Waals surface area contributed by atoms with Gasteiger partial charge in [-0.25, -0.2) is 0 Å². The van der Waals surface area contributed by atoms with Gasteiger partial charge in [0.25, 0.3) is 0 Å². The molecule has 2 nitrogen and oxygen atoms in total. The van der Waals surface area contributed by atoms with Gasteiger partial charge in [0.15, 0.2) is 0 Å². The van der Waals surface area contributed by atoms with Gasteiger partial charge in [-0.2, -0.15) is 0 Å². The van der Waals surface area contributed by atoms with E-state index in [0.29, 0.717) is 6.42 Å². The molecule has 0 aliphatic rings. The Kier molecular flexibility index (Phi) is 4.94. The Balaban J connectivity index is 2.51. The second kappa shape index (κ2) is 6.03. The van der Waals surface area contributed by atoms with Crippen LogP contribution in [-0.2, 0) is 11.2 Å². The predicted octanol–water partition coefficient (Wildman–Crippen LogP) is 3.51. The summed E-state index contributed by atoms with van der Waals surface area (Å²) >= 11 is 0. The smallest absolute Gasteiger partial charge is 0.222 e. The molecule has 0 spiro atoms. The molecule has 1 amide bonds. The van der Waals surface area contributed by atoms with Crippen LogP contribution >= 0.6 is 0 Å². The summed E-state index contributed by atoms with van der Waals surface area (Å²) in [4.78, 5) is 14.0. The Hall–Kier alpha value is -1.31. The molecule has 0 bridgehead atoms. The molecule has 0 saturated carbocycles. The first kappa shape index (κ1) is 14.7. The van der Waals surface area contributed by atoms with Gasteiger partial charge >= 0.3 is 0 Å². The quantitative estimate of drug-likeness (QED) is 0.797. The van der Waals surface area contributed by atoms with Gasteiger partial charge in [-0.1, -0.05) is 51.1 Å². The summed E-state index contributed by atoms with van der Waals surface area (Å²) in [5, 5.41) is 0. The molecule has 0 radical (unpaired) electrons. The van der Waals surface area contributed by atoms with Gasteiger partial charge in [-0.05, 0) is 24.3 Å². The molecule has 1 rings (SSSR count). The lowest BCUT2D eigenvalue weighted by Gasteiger charge is -2.35. The van der Waals surface area contributed by atoms with Crippen LogP contribution in [0.15, 0.2) is 30.3 Å². The van der Waals surface area contributed by atoms with E-state index in [-0.39, 0.29) is 17.4 Å². The van der Waals surface area contributed by atoms with E-state index in [1.165, 1.54) is 5.56 Å². The maximum absolute atomic E-state index is 12.1. The molecule has 1 atom stereocenters. The van der Waals surface area contributed by atoms with Crippen LogP contribution in [0.5, 0.6) is 0 Å². The molecule has 0 unspecified atom stereocenters. The molecule has 2 heteroatoms. The summed E-state index contributed by atoms with van der Waals surface area (Å²) in [7, 11) is 1.91. The molecule has 0 fully saturated rings. The summed E-state index contributed by atoms with van der Waals surface area (Å²) in [6, 6.07) is 10.4. The molecule has 0 saturated heterocycles. The van der Waals surface area contributed by atoms with E-state index < -0.39 is 0 Å². The zero-order valence-corrected chi connectivity index (χ0v) is 12.2. The third kappa shape index (κ3) is 4.17. The van der Waals surface area contributed by atoms with Crippen LogP contribution in [0.4, 0.5) is 0 Å². The molecule has 0 heterocycles. The lowest BCUT2D eigenvalue weighted by molar-refractivity contribution is -0.133. The van der Waals surface area contributed by atoms with Crippen molar-refractivity contribution in [3.8, 4) is 0 Å². The Morgan fingerprint density at radius 1 is 1.22 bits per heavy atom. The van der Waals surface area contributed by atoms with Crippen LogP contribution in [0.25, 0.3) is 0 Å². The van der Waals surface area contributed by atoms with E-state index in [9.17, 15) is 4.79 Å². The van der Waals surface area contributed by atoms with Gasteiger partial charge in [0.1, 0.15) is 0 Å². The first-order chi connectivity index (χ1) is 8.32. The molecule has 1 aromatic carbocycles. The standard InChI is InChI=1S/C16H25NO/c1-13(16(2,3)4)17(5)15(18)12-11-14-9-7-6-8-10-14/h6-10,13H,11-12H2,1-5H3/t13-/m0/s1. The summed E-state index contributed by atoms with van der Waals surface area (Å²) < 4.78 is 0. The first-order valence-electron chi connectivity index (χ1n) is 6.62. The number of nitrogens with zero attached hydrogens (tertiary/aromatic N) is 1. The van der Waals surface area contributed by atoms with E-state index in [1.54, 1.807) is 0 Å². The maximum Gasteiger partial charge on any atom is 0.222 e. The average Bonchev–Trinajstić information content (AvgIpc) is 2.34. The van der Waals surface area contributed by atoms with Crippen molar-refractivity contribution in [1.82, 2.24) is 4.90 Å². The number of carbonyl (C=O) groups is 1. The van der Waals surface area contributed by atoms with E-state index in [2.05, 4.69) is 39.8 Å². The highest BCUT2D eigenvalue weighted by Crippen LogP contribution is 2.23. The minimum absolute atomic E-state index is 0.122. The second-order valence-electron chi connectivity index (χ2n) is 6.03. The van der Waals surface area contributed by atoms with Crippen LogP contribution < -0.4 is 0 Å². The van der Waals surface area contributed by atoms with Crippen LogP contribution in [-0.4, -0.2) is 23.9 Å². The van der Waals surface area contributed by atoms with E-state index in [4.69, 9.17) is 0 Å². The van der Waals surface area contributed by atoms with Crippen molar-refractivity contribution < 1.29 is 4.79 Å². The SMILES string of the molecule is C[C@H](N(C)C(=O)CCc1ccccc1)C(C)(C)C. The van der Waals surface area contributed by atoms with Crippen molar-refractivity contribution in [2.45, 2.75) is 46.6 Å². The fraction of sp³-hybridized carbons (Fsp3) is 0.562. The van der Waals surface area contributed by atoms with Crippen molar-refractivity contribution in [3.05, 3.63) is 35.9 Å². The minimum atomic E-state index is 0.122. The molecule has 0 N–H and O–H groups in total. The van der Waals surface area contributed by atoms with Gasteiger partial charge in [-0.3, -0.25) is 4.79 Å². The summed E-state index contributed by atoms with van der Waals surface area (Å²) in [6.45, 7) is 8.61. The van der Waals surface area contributed by atoms with Crippen molar-refractivity contribution in [2.75, 3.05) is 7.05 Å². The highest BCUT2D eigenvalue weighted by Gasteiger charge is 2.26. The zero-order chi connectivity index (χ0) is 13.8. The number of aryl methyl sites for hydroxylation is 1. The van der Waals surface area contributed by atoms with E-state index in [0.717, 1.165) is 6.42 Å². The lowest BCUT2D eigenvalue weighted by Crippen LogP contribution is -2.43. The second-order valence-corrected chi connectivity index (χ2v) is 6.03. The van der Waals surface area contributed by atoms with Crippen molar-refractivity contribution in [1.29, 1.82) is 0 Å². The number of carbonyl (C=O) groups excluding carboxylic acids is 1. The summed E-state index contributed by atoms with van der Waals surface area (Å²) in [6.07, 6.45) is 1.40. The van der Waals surface area contributed by atoms with Gasteiger partial charge in [-0.15, -0.1) is 0 Å². The van der Waals surface area contributed by atoms with Crippen LogP contribution in [0.3, 0.4) is 0 Å². The summed E-state index contributed by atoms with van der Waals surface area (Å²) in [5.41, 5.74) is 1.35. The largest absolute Gasteiger partial charge is 0.343 e. The fourth-order valence-electron chi connectivity index (χ4n) is 1.87. The van der Waals surface area contributed by atoms with Crippen molar-refractivity contribution >= 4 is 5.91 Å². The Labute approximate surface area is 111 Å². The molecule has 1 aromatic rings. The molecule has 18 heavy (non-hydrogen) atoms. The van der Waals surface area contributed by atoms with E-state index in [1.807, 2.05) is 30.1 Å². The van der Waals surface area contributed by atoms with Crippen molar-refractivity contribution in [3.63, 3.8) is 0 Å². The van der Waals surface area contributed by atoms with E-state index >= 15 is 0 Å². The highest BCUT2D eigenvalue weighted by molar-refractivity contribution is 5.76. The Morgan fingerprint density at radius 2 is 1.78 bits per heavy atom. The molecule has 0 aliphatic carbocycles. The Morgan fingerprint density at radius 3 is 2.28 bits per heavy atom. The molecule has 0 aliphatic heterocycles. The normalized spacial score (nSPS) is 13.2. The summed E-state index contributed by atoms with van der Waals surface area (Å²) in [5.74, 6) is 0.223. The first-order valence-corrected chi connectivity index (χ1v) is 6.62. The number of amides is 1. The van der Waals surface area contributed by atoms with Gasteiger partial charge < -0.3 is 4.90 Å².